The highest BCUT2D eigenvalue weighted by atomic mass is 32.2. The fourth-order valence-corrected chi connectivity index (χ4v) is 2.90. The number of nitrogens with one attached hydrogen (secondary N) is 1. The lowest BCUT2D eigenvalue weighted by atomic mass is 9.94. The minimum atomic E-state index is -3.22. The summed E-state index contributed by atoms with van der Waals surface area (Å²) in [6, 6.07) is 4.78. The maximum atomic E-state index is 11.5. The molecule has 1 heterocycles. The molecule has 1 aromatic carbocycles. The number of rotatable bonds is 3. The average Bonchev–Trinajstić information content (AvgIpc) is 2.31. The smallest absolute Gasteiger partial charge is 0.175 e. The zero-order valence-corrected chi connectivity index (χ0v) is 12.1. The topological polar surface area (TPSA) is 81.4 Å². The van der Waals surface area contributed by atoms with Crippen LogP contribution in [0.4, 0.5) is 11.4 Å². The Kier molecular flexibility index (Phi) is 3.73. The Hall–Kier alpha value is -1.27. The van der Waals surface area contributed by atoms with Crippen molar-refractivity contribution in [2.75, 3.05) is 30.5 Å². The highest BCUT2D eigenvalue weighted by molar-refractivity contribution is 7.90. The SMILES string of the molecule is CC1(Nc2ccc(S(C)(=O)=O)cc2N)CCCOC1. The number of ether oxygens (including phenoxy) is 1. The first kappa shape index (κ1) is 14.1. The van der Waals surface area contributed by atoms with Crippen LogP contribution in [0.5, 0.6) is 0 Å². The van der Waals surface area contributed by atoms with E-state index < -0.39 is 9.84 Å². The van der Waals surface area contributed by atoms with Crippen molar-refractivity contribution in [3.63, 3.8) is 0 Å². The Labute approximate surface area is 114 Å². The van der Waals surface area contributed by atoms with Gasteiger partial charge in [-0.15, -0.1) is 0 Å². The normalized spacial score (nSPS) is 24.1. The number of benzene rings is 1. The second kappa shape index (κ2) is 5.02. The summed E-state index contributed by atoms with van der Waals surface area (Å²) in [6.07, 6.45) is 3.18. The summed E-state index contributed by atoms with van der Waals surface area (Å²) in [4.78, 5) is 0.237. The lowest BCUT2D eigenvalue weighted by molar-refractivity contribution is 0.0540. The van der Waals surface area contributed by atoms with Gasteiger partial charge in [-0.2, -0.15) is 0 Å². The molecule has 1 saturated heterocycles. The number of sulfone groups is 1. The second-order valence-electron chi connectivity index (χ2n) is 5.36. The van der Waals surface area contributed by atoms with Gasteiger partial charge in [-0.25, -0.2) is 8.42 Å². The molecule has 1 atom stereocenters. The van der Waals surface area contributed by atoms with Gasteiger partial charge in [-0.1, -0.05) is 0 Å². The fourth-order valence-electron chi connectivity index (χ4n) is 2.24. The van der Waals surface area contributed by atoms with Crippen molar-refractivity contribution in [1.29, 1.82) is 0 Å². The van der Waals surface area contributed by atoms with Crippen LogP contribution in [0.15, 0.2) is 23.1 Å². The lowest BCUT2D eigenvalue weighted by Gasteiger charge is -2.35. The fraction of sp³-hybridized carbons (Fsp3) is 0.538. The van der Waals surface area contributed by atoms with E-state index in [0.717, 1.165) is 25.1 Å². The third-order valence-electron chi connectivity index (χ3n) is 3.33. The van der Waals surface area contributed by atoms with Gasteiger partial charge in [-0.3, -0.25) is 0 Å². The first-order chi connectivity index (χ1) is 8.80. The molecule has 0 amide bonds. The van der Waals surface area contributed by atoms with E-state index in [1.807, 2.05) is 0 Å². The van der Waals surface area contributed by atoms with Crippen molar-refractivity contribution >= 4 is 21.2 Å². The summed E-state index contributed by atoms with van der Waals surface area (Å²) in [7, 11) is -3.22. The molecule has 1 aromatic rings. The molecule has 0 radical (unpaired) electrons. The van der Waals surface area contributed by atoms with Crippen molar-refractivity contribution < 1.29 is 13.2 Å². The molecule has 19 heavy (non-hydrogen) atoms. The van der Waals surface area contributed by atoms with Crippen molar-refractivity contribution in [2.24, 2.45) is 0 Å². The van der Waals surface area contributed by atoms with Gasteiger partial charge in [-0.05, 0) is 38.0 Å². The van der Waals surface area contributed by atoms with Gasteiger partial charge in [0.25, 0.3) is 0 Å². The summed E-state index contributed by atoms with van der Waals surface area (Å²) in [6.45, 7) is 3.50. The Morgan fingerprint density at radius 2 is 2.16 bits per heavy atom. The quantitative estimate of drug-likeness (QED) is 0.825. The molecule has 3 N–H and O–H groups in total. The third-order valence-corrected chi connectivity index (χ3v) is 4.44. The van der Waals surface area contributed by atoms with E-state index in [9.17, 15) is 8.42 Å². The first-order valence-electron chi connectivity index (χ1n) is 6.26. The average molecular weight is 284 g/mol. The monoisotopic (exact) mass is 284 g/mol. The molecule has 5 nitrogen and oxygen atoms in total. The van der Waals surface area contributed by atoms with E-state index in [0.29, 0.717) is 12.3 Å². The van der Waals surface area contributed by atoms with E-state index in [1.54, 1.807) is 12.1 Å². The zero-order chi connectivity index (χ0) is 14.1. The first-order valence-corrected chi connectivity index (χ1v) is 8.15. The maximum Gasteiger partial charge on any atom is 0.175 e. The molecule has 6 heteroatoms. The van der Waals surface area contributed by atoms with E-state index in [-0.39, 0.29) is 10.4 Å². The molecular formula is C13H20N2O3S. The Morgan fingerprint density at radius 1 is 1.42 bits per heavy atom. The van der Waals surface area contributed by atoms with Crippen molar-refractivity contribution in [1.82, 2.24) is 0 Å². The summed E-state index contributed by atoms with van der Waals surface area (Å²) in [5.41, 5.74) is 6.96. The highest BCUT2D eigenvalue weighted by Gasteiger charge is 2.28. The molecule has 0 aromatic heterocycles. The molecule has 0 aliphatic carbocycles. The van der Waals surface area contributed by atoms with Crippen molar-refractivity contribution in [3.05, 3.63) is 18.2 Å². The predicted molar refractivity (Wildman–Crippen MR) is 76.0 cm³/mol. The number of nitrogen functional groups attached to an aromatic ring is 1. The molecule has 1 fully saturated rings. The van der Waals surface area contributed by atoms with Crippen LogP contribution in [-0.2, 0) is 14.6 Å². The minimum Gasteiger partial charge on any atom is -0.397 e. The molecular weight excluding hydrogens is 264 g/mol. The van der Waals surface area contributed by atoms with Crippen molar-refractivity contribution in [2.45, 2.75) is 30.2 Å². The summed E-state index contributed by atoms with van der Waals surface area (Å²) >= 11 is 0. The molecule has 106 valence electrons. The van der Waals surface area contributed by atoms with E-state index in [1.165, 1.54) is 12.3 Å². The largest absolute Gasteiger partial charge is 0.397 e. The van der Waals surface area contributed by atoms with Crippen molar-refractivity contribution in [3.8, 4) is 0 Å². The second-order valence-corrected chi connectivity index (χ2v) is 7.38. The van der Waals surface area contributed by atoms with Crippen LogP contribution in [0.25, 0.3) is 0 Å². The number of anilines is 2. The van der Waals surface area contributed by atoms with Crippen LogP contribution >= 0.6 is 0 Å². The van der Waals surface area contributed by atoms with Gasteiger partial charge in [0.05, 0.1) is 28.4 Å². The van der Waals surface area contributed by atoms with Crippen LogP contribution < -0.4 is 11.1 Å². The van der Waals surface area contributed by atoms with Crippen LogP contribution in [0.2, 0.25) is 0 Å². The zero-order valence-electron chi connectivity index (χ0n) is 11.3. The summed E-state index contributed by atoms with van der Waals surface area (Å²) in [5.74, 6) is 0. The molecule has 2 rings (SSSR count). The van der Waals surface area contributed by atoms with Crippen LogP contribution in [0, 0.1) is 0 Å². The number of hydrogen-bond donors (Lipinski definition) is 2. The molecule has 1 aliphatic rings. The minimum absolute atomic E-state index is 0.154. The van der Waals surface area contributed by atoms with Crippen LogP contribution in [0.1, 0.15) is 19.8 Å². The maximum absolute atomic E-state index is 11.5. The third kappa shape index (κ3) is 3.39. The molecule has 0 saturated carbocycles. The number of nitrogens with two attached hydrogens (primary N) is 1. The lowest BCUT2D eigenvalue weighted by Crippen LogP contribution is -2.43. The summed E-state index contributed by atoms with van der Waals surface area (Å²) < 4.78 is 28.4. The van der Waals surface area contributed by atoms with Crippen LogP contribution in [0.3, 0.4) is 0 Å². The van der Waals surface area contributed by atoms with Gasteiger partial charge >= 0.3 is 0 Å². The van der Waals surface area contributed by atoms with Gasteiger partial charge in [0, 0.05) is 12.9 Å². The molecule has 1 aliphatic heterocycles. The van der Waals surface area contributed by atoms with Crippen LogP contribution in [-0.4, -0.2) is 33.4 Å². The van der Waals surface area contributed by atoms with Gasteiger partial charge in [0.2, 0.25) is 0 Å². The van der Waals surface area contributed by atoms with E-state index in [2.05, 4.69) is 12.2 Å². The number of hydrogen-bond acceptors (Lipinski definition) is 5. The Morgan fingerprint density at radius 3 is 2.68 bits per heavy atom. The van der Waals surface area contributed by atoms with Gasteiger partial charge in [0.1, 0.15) is 0 Å². The Bertz CT molecular complexity index is 563. The predicted octanol–water partition coefficient (Wildman–Crippen LogP) is 1.65. The standard InChI is InChI=1S/C13H20N2O3S/c1-13(6-3-7-18-9-13)15-12-5-4-10(8-11(12)14)19(2,16)17/h4-5,8,15H,3,6-7,9,14H2,1-2H3. The Balaban J connectivity index is 2.22. The molecule has 0 bridgehead atoms. The molecule has 1 unspecified atom stereocenters. The van der Waals surface area contributed by atoms with Gasteiger partial charge < -0.3 is 15.8 Å². The highest BCUT2D eigenvalue weighted by Crippen LogP contribution is 2.29. The van der Waals surface area contributed by atoms with E-state index >= 15 is 0 Å². The molecule has 0 spiro atoms. The summed E-state index contributed by atoms with van der Waals surface area (Å²) in [5, 5.41) is 3.36. The van der Waals surface area contributed by atoms with Gasteiger partial charge in [0.15, 0.2) is 9.84 Å². The van der Waals surface area contributed by atoms with E-state index in [4.69, 9.17) is 10.5 Å².